The summed E-state index contributed by atoms with van der Waals surface area (Å²) in [7, 11) is 0. The third kappa shape index (κ3) is 3.88. The first-order valence-electron chi connectivity index (χ1n) is 9.18. The Morgan fingerprint density at radius 1 is 1.48 bits per heavy atom. The molecule has 150 valence electrons. The third-order valence-corrected chi connectivity index (χ3v) is 4.86. The summed E-state index contributed by atoms with van der Waals surface area (Å²) in [5, 5.41) is 10.8. The van der Waals surface area contributed by atoms with Gasteiger partial charge >= 0.3 is 5.97 Å². The van der Waals surface area contributed by atoms with Crippen LogP contribution in [0, 0.1) is 5.41 Å². The van der Waals surface area contributed by atoms with E-state index in [2.05, 4.69) is 22.6 Å². The van der Waals surface area contributed by atoms with Crippen molar-refractivity contribution in [1.29, 1.82) is 5.41 Å². The predicted molar refractivity (Wildman–Crippen MR) is 107 cm³/mol. The zero-order valence-corrected chi connectivity index (χ0v) is 16.3. The fraction of sp³-hybridized carbons (Fsp3) is 0.333. The van der Waals surface area contributed by atoms with Gasteiger partial charge in [-0.1, -0.05) is 12.7 Å². The van der Waals surface area contributed by atoms with Crippen LogP contribution in [0.3, 0.4) is 0 Å². The molecule has 3 rings (SSSR count). The molecule has 1 aliphatic heterocycles. The van der Waals surface area contributed by atoms with E-state index >= 15 is 0 Å². The Labute approximate surface area is 168 Å². The van der Waals surface area contributed by atoms with Gasteiger partial charge in [-0.2, -0.15) is 0 Å². The van der Waals surface area contributed by atoms with Gasteiger partial charge in [0.05, 0.1) is 12.6 Å². The van der Waals surface area contributed by atoms with Crippen LogP contribution in [0.4, 0.5) is 5.82 Å². The number of hydrogen-bond donors (Lipinski definition) is 2. The molecule has 1 aliphatic carbocycles. The van der Waals surface area contributed by atoms with Gasteiger partial charge in [0.15, 0.2) is 5.78 Å². The highest BCUT2D eigenvalue weighted by atomic mass is 16.5. The number of anilines is 1. The molecule has 2 atom stereocenters. The van der Waals surface area contributed by atoms with Crippen LogP contribution >= 0.6 is 0 Å². The number of pyridine rings is 1. The van der Waals surface area contributed by atoms with Gasteiger partial charge in [0.2, 0.25) is 5.91 Å². The van der Waals surface area contributed by atoms with Gasteiger partial charge in [-0.25, -0.2) is 9.78 Å². The van der Waals surface area contributed by atoms with Crippen molar-refractivity contribution in [1.82, 2.24) is 9.88 Å². The summed E-state index contributed by atoms with van der Waals surface area (Å²) >= 11 is 0. The molecule has 2 unspecified atom stereocenters. The molecule has 2 heterocycles. The van der Waals surface area contributed by atoms with Crippen molar-refractivity contribution in [2.45, 2.75) is 32.4 Å². The minimum atomic E-state index is -0.715. The SMILES string of the molecule is C=CCOC(=O)C1CC2=C=C(C)C2N1C(=O)CNc1ncccc1C(=N)C(C)=O. The van der Waals surface area contributed by atoms with Crippen LogP contribution in [-0.2, 0) is 19.1 Å². The fourth-order valence-corrected chi connectivity index (χ4v) is 3.54. The van der Waals surface area contributed by atoms with Crippen LogP contribution in [0.2, 0.25) is 0 Å². The van der Waals surface area contributed by atoms with Crippen molar-refractivity contribution < 1.29 is 19.1 Å². The second-order valence-electron chi connectivity index (χ2n) is 6.86. The quantitative estimate of drug-likeness (QED) is 0.300. The molecule has 0 saturated carbocycles. The topological polar surface area (TPSA) is 112 Å². The number of amides is 1. The van der Waals surface area contributed by atoms with Gasteiger partial charge in [-0.15, -0.1) is 5.73 Å². The number of carbonyl (C=O) groups excluding carboxylic acids is 3. The van der Waals surface area contributed by atoms with Crippen LogP contribution in [0.25, 0.3) is 0 Å². The Balaban J connectivity index is 1.75. The van der Waals surface area contributed by atoms with Gasteiger partial charge in [-0.05, 0) is 24.6 Å². The molecular formula is C21H22N4O4. The molecule has 1 aromatic heterocycles. The number of fused-ring (bicyclic) bond motifs is 1. The monoisotopic (exact) mass is 394 g/mol. The highest BCUT2D eigenvalue weighted by molar-refractivity contribution is 6.45. The zero-order chi connectivity index (χ0) is 21.1. The van der Waals surface area contributed by atoms with E-state index in [4.69, 9.17) is 10.1 Å². The van der Waals surface area contributed by atoms with Gasteiger partial charge < -0.3 is 15.0 Å². The molecule has 1 saturated heterocycles. The van der Waals surface area contributed by atoms with E-state index in [0.29, 0.717) is 12.0 Å². The maximum absolute atomic E-state index is 13.0. The number of likely N-dealkylation sites (tertiary alicyclic amines) is 1. The highest BCUT2D eigenvalue weighted by Crippen LogP contribution is 2.39. The average molecular weight is 394 g/mol. The van der Waals surface area contributed by atoms with Crippen molar-refractivity contribution in [2.75, 3.05) is 18.5 Å². The lowest BCUT2D eigenvalue weighted by Crippen LogP contribution is -2.49. The molecule has 1 amide bonds. The minimum Gasteiger partial charge on any atom is -0.460 e. The van der Waals surface area contributed by atoms with Crippen LogP contribution in [0.5, 0.6) is 0 Å². The van der Waals surface area contributed by atoms with Crippen LogP contribution in [0.1, 0.15) is 25.8 Å². The zero-order valence-electron chi connectivity index (χ0n) is 16.3. The molecule has 0 spiro atoms. The Morgan fingerprint density at radius 2 is 2.24 bits per heavy atom. The Kier molecular flexibility index (Phi) is 5.75. The van der Waals surface area contributed by atoms with Gasteiger partial charge in [0.1, 0.15) is 24.2 Å². The summed E-state index contributed by atoms with van der Waals surface area (Å²) in [6.45, 7) is 6.63. The van der Waals surface area contributed by atoms with E-state index in [1.807, 2.05) is 6.92 Å². The normalized spacial score (nSPS) is 19.3. The number of nitrogens with one attached hydrogen (secondary N) is 2. The van der Waals surface area contributed by atoms with Gasteiger partial charge in [0, 0.05) is 30.7 Å². The standard InChI is InChI=1S/C21H22N4O4/c1-4-8-29-21(28)16-10-14-9-12(2)19(14)25(16)17(27)11-24-20-15(6-5-7-23-20)18(22)13(3)26/h4-7,16,19,22H,1,8,10-11H2,2-3H3,(H,23,24). The van der Waals surface area contributed by atoms with E-state index in [1.165, 1.54) is 24.1 Å². The van der Waals surface area contributed by atoms with E-state index in [-0.39, 0.29) is 36.6 Å². The summed E-state index contributed by atoms with van der Waals surface area (Å²) in [5.41, 5.74) is 5.08. The summed E-state index contributed by atoms with van der Waals surface area (Å²) in [5.74, 6) is -0.923. The number of aromatic nitrogens is 1. The van der Waals surface area contributed by atoms with Crippen LogP contribution in [0.15, 0.2) is 47.9 Å². The molecule has 8 heteroatoms. The molecule has 1 aromatic rings. The molecule has 0 bridgehead atoms. The summed E-state index contributed by atoms with van der Waals surface area (Å²) in [4.78, 5) is 42.6. The largest absolute Gasteiger partial charge is 0.460 e. The smallest absolute Gasteiger partial charge is 0.329 e. The Morgan fingerprint density at radius 3 is 2.90 bits per heavy atom. The molecule has 8 nitrogen and oxygen atoms in total. The summed E-state index contributed by atoms with van der Waals surface area (Å²) in [6.07, 6.45) is 3.38. The van der Waals surface area contributed by atoms with Gasteiger partial charge in [-0.3, -0.25) is 15.0 Å². The number of esters is 1. The first kappa shape index (κ1) is 20.2. The highest BCUT2D eigenvalue weighted by Gasteiger charge is 2.48. The number of Topliss-reactive ketones (excluding diaryl/α,β-unsaturated/α-hetero) is 1. The lowest BCUT2D eigenvalue weighted by Gasteiger charge is -2.31. The summed E-state index contributed by atoms with van der Waals surface area (Å²) in [6, 6.07) is 2.25. The molecular weight excluding hydrogens is 372 g/mol. The average Bonchev–Trinajstić information content (AvgIpc) is 3.02. The maximum Gasteiger partial charge on any atom is 0.329 e. The molecule has 1 fully saturated rings. The van der Waals surface area contributed by atoms with Crippen LogP contribution in [-0.4, -0.2) is 58.5 Å². The lowest BCUT2D eigenvalue weighted by molar-refractivity contribution is -0.152. The van der Waals surface area contributed by atoms with Gasteiger partial charge in [0.25, 0.3) is 0 Å². The predicted octanol–water partition coefficient (Wildman–Crippen LogP) is 1.63. The number of ether oxygens (including phenoxy) is 1. The Hall–Kier alpha value is -3.51. The van der Waals surface area contributed by atoms with Crippen molar-refractivity contribution in [3.05, 3.63) is 53.4 Å². The van der Waals surface area contributed by atoms with Crippen molar-refractivity contribution in [3.8, 4) is 0 Å². The first-order chi connectivity index (χ1) is 13.8. The summed E-state index contributed by atoms with van der Waals surface area (Å²) < 4.78 is 5.16. The lowest BCUT2D eigenvalue weighted by atomic mass is 9.92. The second kappa shape index (κ2) is 8.24. The van der Waals surface area contributed by atoms with E-state index < -0.39 is 17.8 Å². The Bertz CT molecular complexity index is 975. The third-order valence-electron chi connectivity index (χ3n) is 4.86. The van der Waals surface area contributed by atoms with E-state index in [9.17, 15) is 14.4 Å². The van der Waals surface area contributed by atoms with Crippen molar-refractivity contribution in [3.63, 3.8) is 0 Å². The van der Waals surface area contributed by atoms with E-state index in [0.717, 1.165) is 11.1 Å². The molecule has 0 aromatic carbocycles. The molecule has 2 aliphatic rings. The number of carbonyl (C=O) groups is 3. The first-order valence-corrected chi connectivity index (χ1v) is 9.18. The molecule has 2 N–H and O–H groups in total. The van der Waals surface area contributed by atoms with Crippen molar-refractivity contribution in [2.24, 2.45) is 0 Å². The number of rotatable bonds is 8. The second-order valence-corrected chi connectivity index (χ2v) is 6.86. The number of nitrogens with zero attached hydrogens (tertiary/aromatic N) is 2. The number of hydrogen-bond acceptors (Lipinski definition) is 7. The van der Waals surface area contributed by atoms with E-state index in [1.54, 1.807) is 12.1 Å². The minimum absolute atomic E-state index is 0.0796. The fourth-order valence-electron chi connectivity index (χ4n) is 3.54. The number of ketones is 1. The van der Waals surface area contributed by atoms with Crippen molar-refractivity contribution >= 4 is 29.2 Å². The molecule has 0 radical (unpaired) electrons. The maximum atomic E-state index is 13.0. The molecule has 29 heavy (non-hydrogen) atoms. The van der Waals surface area contributed by atoms with Crippen LogP contribution < -0.4 is 5.32 Å².